The fourth-order valence-electron chi connectivity index (χ4n) is 2.08. The minimum Gasteiger partial charge on any atom is -0.317 e. The Bertz CT molecular complexity index is 79.2. The normalized spacial score (nSPS) is 42.7. The monoisotopic (exact) mass is 125 g/mol. The van der Waals surface area contributed by atoms with Crippen molar-refractivity contribution in [3.05, 3.63) is 0 Å². The van der Waals surface area contributed by atoms with Crippen molar-refractivity contribution in [2.75, 3.05) is 13.1 Å². The van der Waals surface area contributed by atoms with Gasteiger partial charge in [0.25, 0.3) is 0 Å². The van der Waals surface area contributed by atoms with Gasteiger partial charge in [-0.15, -0.1) is 0 Å². The van der Waals surface area contributed by atoms with E-state index in [0.29, 0.717) is 0 Å². The fraction of sp³-hybridized carbons (Fsp3) is 1.00. The van der Waals surface area contributed by atoms with E-state index < -0.39 is 0 Å². The van der Waals surface area contributed by atoms with E-state index in [0.717, 1.165) is 11.8 Å². The zero-order valence-corrected chi connectivity index (χ0v) is 5.90. The highest BCUT2D eigenvalue weighted by Crippen LogP contribution is 2.38. The van der Waals surface area contributed by atoms with Gasteiger partial charge < -0.3 is 5.32 Å². The molecule has 3 fully saturated rings. The maximum Gasteiger partial charge on any atom is -0.00463 e. The molecule has 52 valence electrons. The van der Waals surface area contributed by atoms with Crippen LogP contribution in [0.1, 0.15) is 25.7 Å². The molecule has 2 aliphatic heterocycles. The van der Waals surface area contributed by atoms with E-state index in [-0.39, 0.29) is 0 Å². The van der Waals surface area contributed by atoms with E-state index in [1.54, 1.807) is 12.8 Å². The molecule has 0 unspecified atom stereocenters. The first-order valence-electron chi connectivity index (χ1n) is 4.16. The molecular formula is C8H15N. The van der Waals surface area contributed by atoms with Crippen LogP contribution in [-0.4, -0.2) is 13.1 Å². The largest absolute Gasteiger partial charge is 0.317 e. The fourth-order valence-corrected chi connectivity index (χ4v) is 2.08. The Labute approximate surface area is 56.8 Å². The van der Waals surface area contributed by atoms with Crippen LogP contribution in [0.25, 0.3) is 0 Å². The van der Waals surface area contributed by atoms with Crippen molar-refractivity contribution in [3.63, 3.8) is 0 Å². The second kappa shape index (κ2) is 2.30. The van der Waals surface area contributed by atoms with E-state index in [4.69, 9.17) is 0 Å². The van der Waals surface area contributed by atoms with Gasteiger partial charge in [0.1, 0.15) is 0 Å². The molecule has 2 heterocycles. The molecule has 0 radical (unpaired) electrons. The van der Waals surface area contributed by atoms with Crippen LogP contribution in [0, 0.1) is 11.8 Å². The number of fused-ring (bicyclic) bond motifs is 4. The van der Waals surface area contributed by atoms with Crippen LogP contribution in [0.3, 0.4) is 0 Å². The van der Waals surface area contributed by atoms with Gasteiger partial charge in [-0.3, -0.25) is 0 Å². The molecule has 1 nitrogen and oxygen atoms in total. The molecule has 1 N–H and O–H groups in total. The standard InChI is InChI=1S/C8H15N/c1-3-9-4-2-8-5-7(1)6-8/h7-9H,1-6H2. The maximum atomic E-state index is 3.45. The molecule has 0 spiro atoms. The van der Waals surface area contributed by atoms with Crippen molar-refractivity contribution in [1.82, 2.24) is 5.32 Å². The van der Waals surface area contributed by atoms with Crippen molar-refractivity contribution < 1.29 is 0 Å². The summed E-state index contributed by atoms with van der Waals surface area (Å²) in [5, 5.41) is 3.45. The van der Waals surface area contributed by atoms with Gasteiger partial charge in [-0.1, -0.05) is 0 Å². The zero-order chi connectivity index (χ0) is 6.10. The molecule has 0 aromatic rings. The van der Waals surface area contributed by atoms with Gasteiger partial charge in [0.15, 0.2) is 0 Å². The van der Waals surface area contributed by atoms with Crippen LogP contribution in [0.2, 0.25) is 0 Å². The van der Waals surface area contributed by atoms with Crippen LogP contribution in [-0.2, 0) is 0 Å². The minimum absolute atomic E-state index is 1.10. The summed E-state index contributed by atoms with van der Waals surface area (Å²) >= 11 is 0. The van der Waals surface area contributed by atoms with Crippen LogP contribution in [0.5, 0.6) is 0 Å². The SMILES string of the molecule is C1CC2CC(CCN1)C2. The number of nitrogens with one attached hydrogen (secondary N) is 1. The third-order valence-corrected chi connectivity index (χ3v) is 2.79. The van der Waals surface area contributed by atoms with Gasteiger partial charge in [-0.25, -0.2) is 0 Å². The summed E-state index contributed by atoms with van der Waals surface area (Å²) in [5.74, 6) is 2.20. The summed E-state index contributed by atoms with van der Waals surface area (Å²) in [6.45, 7) is 2.55. The number of hydrogen-bond acceptors (Lipinski definition) is 1. The summed E-state index contributed by atoms with van der Waals surface area (Å²) in [4.78, 5) is 0. The van der Waals surface area contributed by atoms with E-state index in [2.05, 4.69) is 5.32 Å². The second-order valence-corrected chi connectivity index (χ2v) is 3.53. The molecule has 1 heteroatoms. The molecule has 1 aliphatic carbocycles. The van der Waals surface area contributed by atoms with Crippen molar-refractivity contribution in [3.8, 4) is 0 Å². The highest BCUT2D eigenvalue weighted by atomic mass is 14.9. The number of rotatable bonds is 0. The summed E-state index contributed by atoms with van der Waals surface area (Å²) in [7, 11) is 0. The Morgan fingerprint density at radius 2 is 1.44 bits per heavy atom. The van der Waals surface area contributed by atoms with Gasteiger partial charge in [-0.2, -0.15) is 0 Å². The summed E-state index contributed by atoms with van der Waals surface area (Å²) in [6, 6.07) is 0. The highest BCUT2D eigenvalue weighted by Gasteiger charge is 2.29. The molecule has 1 saturated carbocycles. The van der Waals surface area contributed by atoms with E-state index >= 15 is 0 Å². The van der Waals surface area contributed by atoms with Crippen LogP contribution < -0.4 is 5.32 Å². The predicted octanol–water partition coefficient (Wildman–Crippen LogP) is 1.40. The molecule has 3 aliphatic rings. The lowest BCUT2D eigenvalue weighted by molar-refractivity contribution is 0.154. The molecule has 2 bridgehead atoms. The predicted molar refractivity (Wildman–Crippen MR) is 38.3 cm³/mol. The first kappa shape index (κ1) is 5.72. The van der Waals surface area contributed by atoms with E-state index in [1.165, 1.54) is 25.9 Å². The van der Waals surface area contributed by atoms with E-state index in [9.17, 15) is 0 Å². The lowest BCUT2D eigenvalue weighted by Gasteiger charge is -2.37. The third-order valence-electron chi connectivity index (χ3n) is 2.79. The lowest BCUT2D eigenvalue weighted by atomic mass is 9.71. The van der Waals surface area contributed by atoms with Gasteiger partial charge in [0, 0.05) is 0 Å². The van der Waals surface area contributed by atoms with Crippen LogP contribution in [0.15, 0.2) is 0 Å². The molecule has 0 atom stereocenters. The second-order valence-electron chi connectivity index (χ2n) is 3.53. The Morgan fingerprint density at radius 3 is 2.00 bits per heavy atom. The Balaban J connectivity index is 1.85. The van der Waals surface area contributed by atoms with Gasteiger partial charge in [0.05, 0.1) is 0 Å². The molecule has 9 heavy (non-hydrogen) atoms. The Kier molecular flexibility index (Phi) is 1.46. The van der Waals surface area contributed by atoms with Crippen LogP contribution >= 0.6 is 0 Å². The van der Waals surface area contributed by atoms with E-state index in [1.807, 2.05) is 0 Å². The van der Waals surface area contributed by atoms with Crippen LogP contribution in [0.4, 0.5) is 0 Å². The quantitative estimate of drug-likeness (QED) is 0.516. The molecule has 2 saturated heterocycles. The van der Waals surface area contributed by atoms with Gasteiger partial charge in [0.2, 0.25) is 0 Å². The molecular weight excluding hydrogens is 110 g/mol. The molecule has 0 amide bonds. The summed E-state index contributed by atoms with van der Waals surface area (Å²) < 4.78 is 0. The Hall–Kier alpha value is -0.0400. The molecule has 0 aromatic carbocycles. The van der Waals surface area contributed by atoms with Gasteiger partial charge >= 0.3 is 0 Å². The Morgan fingerprint density at radius 1 is 0.889 bits per heavy atom. The van der Waals surface area contributed by atoms with Crippen molar-refractivity contribution >= 4 is 0 Å². The highest BCUT2D eigenvalue weighted by molar-refractivity contribution is 4.82. The number of hydrogen-bond donors (Lipinski definition) is 1. The minimum atomic E-state index is 1.10. The average molecular weight is 125 g/mol. The first-order chi connectivity index (χ1) is 4.45. The lowest BCUT2D eigenvalue weighted by Crippen LogP contribution is -2.34. The van der Waals surface area contributed by atoms with Gasteiger partial charge in [-0.05, 0) is 50.6 Å². The zero-order valence-electron chi connectivity index (χ0n) is 5.90. The summed E-state index contributed by atoms with van der Waals surface area (Å²) in [5.41, 5.74) is 0. The van der Waals surface area contributed by atoms with Crippen molar-refractivity contribution in [2.24, 2.45) is 11.8 Å². The maximum absolute atomic E-state index is 3.45. The molecule has 0 aromatic heterocycles. The average Bonchev–Trinajstić information content (AvgIpc) is 1.54. The van der Waals surface area contributed by atoms with Crippen molar-refractivity contribution in [1.29, 1.82) is 0 Å². The topological polar surface area (TPSA) is 12.0 Å². The molecule has 3 rings (SSSR count). The summed E-state index contributed by atoms with van der Waals surface area (Å²) in [6.07, 6.45) is 5.97. The van der Waals surface area contributed by atoms with Crippen molar-refractivity contribution in [2.45, 2.75) is 25.7 Å². The third kappa shape index (κ3) is 1.11. The first-order valence-corrected chi connectivity index (χ1v) is 4.16. The smallest absolute Gasteiger partial charge is 0.00463 e.